The summed E-state index contributed by atoms with van der Waals surface area (Å²) in [6.45, 7) is -0.110. The molecule has 0 aromatic heterocycles. The third-order valence-electron chi connectivity index (χ3n) is 1.52. The lowest BCUT2D eigenvalue weighted by Gasteiger charge is -2.07. The molecule has 1 aromatic carbocycles. The van der Waals surface area contributed by atoms with Crippen LogP contribution in [-0.2, 0) is 12.7 Å². The Bertz CT molecular complexity index is 309. The van der Waals surface area contributed by atoms with Crippen molar-refractivity contribution in [3.05, 3.63) is 35.1 Å². The average molecular weight is 210 g/mol. The van der Waals surface area contributed by atoms with Gasteiger partial charge in [0.15, 0.2) is 0 Å². The summed E-state index contributed by atoms with van der Waals surface area (Å²) in [7, 11) is 0. The van der Waals surface area contributed by atoms with E-state index in [9.17, 15) is 17.6 Å². The Labute approximate surface area is 78.3 Å². The third kappa shape index (κ3) is 2.97. The van der Waals surface area contributed by atoms with Crippen molar-refractivity contribution in [2.24, 2.45) is 5.73 Å². The van der Waals surface area contributed by atoms with Gasteiger partial charge in [0.1, 0.15) is 5.82 Å². The Morgan fingerprint density at radius 2 is 1.71 bits per heavy atom. The van der Waals surface area contributed by atoms with Gasteiger partial charge in [-0.2, -0.15) is 13.2 Å². The molecule has 6 heteroatoms. The summed E-state index contributed by atoms with van der Waals surface area (Å²) in [6.07, 6.45) is -4.52. The van der Waals surface area contributed by atoms with E-state index in [0.717, 1.165) is 12.1 Å². The van der Waals surface area contributed by atoms with Crippen LogP contribution in [0.4, 0.5) is 17.6 Å². The Balaban J connectivity index is 0.00000169. The van der Waals surface area contributed by atoms with Crippen LogP contribution >= 0.6 is 0 Å². The lowest BCUT2D eigenvalue weighted by atomic mass is 10.1. The first-order valence-corrected chi connectivity index (χ1v) is 3.50. The molecular weight excluding hydrogens is 200 g/mol. The second-order valence-electron chi connectivity index (χ2n) is 2.55. The average Bonchev–Trinajstić information content (AvgIpc) is 2.01. The number of alkyl halides is 3. The van der Waals surface area contributed by atoms with Crippen LogP contribution in [0, 0.1) is 5.82 Å². The Kier molecular flexibility index (Phi) is 4.03. The highest BCUT2D eigenvalue weighted by molar-refractivity contribution is 5.26. The maximum atomic E-state index is 12.6. The number of hydrogen-bond donors (Lipinski definition) is 2. The maximum absolute atomic E-state index is 12.6. The number of hydrogen-bond acceptors (Lipinski definition) is 2. The van der Waals surface area contributed by atoms with Crippen molar-refractivity contribution in [1.82, 2.24) is 6.15 Å². The highest BCUT2D eigenvalue weighted by atomic mass is 19.4. The molecule has 0 amide bonds. The van der Waals surface area contributed by atoms with Gasteiger partial charge in [-0.05, 0) is 23.8 Å². The molecule has 0 unspecified atom stereocenters. The predicted molar refractivity (Wildman–Crippen MR) is 44.3 cm³/mol. The SMILES string of the molecule is N.NCc1cc(F)cc(C(F)(F)F)c1. The minimum absolute atomic E-state index is 0. The summed E-state index contributed by atoms with van der Waals surface area (Å²) in [6, 6.07) is 2.26. The largest absolute Gasteiger partial charge is 0.416 e. The van der Waals surface area contributed by atoms with Crippen molar-refractivity contribution in [1.29, 1.82) is 0 Å². The molecule has 5 N–H and O–H groups in total. The summed E-state index contributed by atoms with van der Waals surface area (Å²) in [5.74, 6) is -0.921. The monoisotopic (exact) mass is 210 g/mol. The van der Waals surface area contributed by atoms with Crippen LogP contribution in [0.2, 0.25) is 0 Å². The highest BCUT2D eigenvalue weighted by Gasteiger charge is 2.31. The predicted octanol–water partition coefficient (Wildman–Crippen LogP) is 2.47. The molecule has 2 nitrogen and oxygen atoms in total. The smallest absolute Gasteiger partial charge is 0.344 e. The molecule has 0 aliphatic rings. The summed E-state index contributed by atoms with van der Waals surface area (Å²) in [5.41, 5.74) is 4.22. The molecule has 0 atom stereocenters. The zero-order valence-corrected chi connectivity index (χ0v) is 7.24. The van der Waals surface area contributed by atoms with Crippen molar-refractivity contribution >= 4 is 0 Å². The quantitative estimate of drug-likeness (QED) is 0.699. The van der Waals surface area contributed by atoms with Gasteiger partial charge in [0.05, 0.1) is 5.56 Å². The van der Waals surface area contributed by atoms with E-state index in [1.54, 1.807) is 0 Å². The minimum atomic E-state index is -4.52. The maximum Gasteiger partial charge on any atom is 0.416 e. The lowest BCUT2D eigenvalue weighted by Crippen LogP contribution is -2.07. The van der Waals surface area contributed by atoms with Gasteiger partial charge < -0.3 is 11.9 Å². The van der Waals surface area contributed by atoms with Crippen molar-refractivity contribution in [2.75, 3.05) is 0 Å². The number of nitrogens with two attached hydrogens (primary N) is 1. The van der Waals surface area contributed by atoms with Gasteiger partial charge in [-0.25, -0.2) is 4.39 Å². The molecule has 0 fully saturated rings. The number of halogens is 4. The molecule has 1 rings (SSSR count). The van der Waals surface area contributed by atoms with Crippen molar-refractivity contribution in [3.8, 4) is 0 Å². The Morgan fingerprint density at radius 3 is 2.14 bits per heavy atom. The number of benzene rings is 1. The molecule has 0 spiro atoms. The van der Waals surface area contributed by atoms with E-state index in [2.05, 4.69) is 0 Å². The van der Waals surface area contributed by atoms with Gasteiger partial charge in [0.2, 0.25) is 0 Å². The van der Waals surface area contributed by atoms with Crippen LogP contribution in [0.1, 0.15) is 11.1 Å². The van der Waals surface area contributed by atoms with Gasteiger partial charge in [0, 0.05) is 6.54 Å². The van der Waals surface area contributed by atoms with Gasteiger partial charge in [-0.15, -0.1) is 0 Å². The lowest BCUT2D eigenvalue weighted by molar-refractivity contribution is -0.137. The fourth-order valence-corrected chi connectivity index (χ4v) is 0.932. The standard InChI is InChI=1S/C8H7F4N.H3N/c9-7-2-5(4-13)1-6(3-7)8(10,11)12;/h1-3H,4,13H2;1H3. The van der Waals surface area contributed by atoms with E-state index in [1.165, 1.54) is 0 Å². The summed E-state index contributed by atoms with van der Waals surface area (Å²) >= 11 is 0. The third-order valence-corrected chi connectivity index (χ3v) is 1.52. The minimum Gasteiger partial charge on any atom is -0.344 e. The molecule has 1 aromatic rings. The first-order valence-electron chi connectivity index (χ1n) is 3.50. The van der Waals surface area contributed by atoms with Crippen LogP contribution in [-0.4, -0.2) is 0 Å². The molecule has 0 heterocycles. The zero-order chi connectivity index (χ0) is 10.1. The Morgan fingerprint density at radius 1 is 1.14 bits per heavy atom. The van der Waals surface area contributed by atoms with Crippen molar-refractivity contribution < 1.29 is 17.6 Å². The van der Waals surface area contributed by atoms with Crippen LogP contribution < -0.4 is 11.9 Å². The van der Waals surface area contributed by atoms with Gasteiger partial charge in [0.25, 0.3) is 0 Å². The summed E-state index contributed by atoms with van der Waals surface area (Å²) < 4.78 is 48.8. The molecule has 0 radical (unpaired) electrons. The Hall–Kier alpha value is -1.14. The molecule has 0 aliphatic carbocycles. The van der Waals surface area contributed by atoms with E-state index in [1.807, 2.05) is 0 Å². The highest BCUT2D eigenvalue weighted by Crippen LogP contribution is 2.30. The topological polar surface area (TPSA) is 61.0 Å². The zero-order valence-electron chi connectivity index (χ0n) is 7.24. The molecule has 0 saturated heterocycles. The van der Waals surface area contributed by atoms with Crippen LogP contribution in [0.15, 0.2) is 18.2 Å². The fraction of sp³-hybridized carbons (Fsp3) is 0.250. The first kappa shape index (κ1) is 12.9. The van der Waals surface area contributed by atoms with E-state index < -0.39 is 17.6 Å². The molecule has 80 valence electrons. The van der Waals surface area contributed by atoms with Crippen LogP contribution in [0.5, 0.6) is 0 Å². The van der Waals surface area contributed by atoms with Gasteiger partial charge >= 0.3 is 6.18 Å². The van der Waals surface area contributed by atoms with Crippen molar-refractivity contribution in [2.45, 2.75) is 12.7 Å². The van der Waals surface area contributed by atoms with Crippen LogP contribution in [0.25, 0.3) is 0 Å². The first-order chi connectivity index (χ1) is 5.93. The fourth-order valence-electron chi connectivity index (χ4n) is 0.932. The molecule has 0 saturated carbocycles. The molecular formula is C8H10F4N2. The second-order valence-corrected chi connectivity index (χ2v) is 2.55. The van der Waals surface area contributed by atoms with E-state index in [-0.39, 0.29) is 18.3 Å². The van der Waals surface area contributed by atoms with E-state index in [4.69, 9.17) is 5.73 Å². The summed E-state index contributed by atoms with van der Waals surface area (Å²) in [5, 5.41) is 0. The van der Waals surface area contributed by atoms with Crippen molar-refractivity contribution in [3.63, 3.8) is 0 Å². The van der Waals surface area contributed by atoms with E-state index >= 15 is 0 Å². The van der Waals surface area contributed by atoms with Gasteiger partial charge in [-0.3, -0.25) is 0 Å². The molecule has 0 aliphatic heterocycles. The van der Waals surface area contributed by atoms with Gasteiger partial charge in [-0.1, -0.05) is 0 Å². The molecule has 0 bridgehead atoms. The van der Waals surface area contributed by atoms with Crippen LogP contribution in [0.3, 0.4) is 0 Å². The van der Waals surface area contributed by atoms with E-state index in [0.29, 0.717) is 6.07 Å². The summed E-state index contributed by atoms with van der Waals surface area (Å²) in [4.78, 5) is 0. The number of rotatable bonds is 1. The second kappa shape index (κ2) is 4.39. The molecule has 14 heavy (non-hydrogen) atoms. The normalized spacial score (nSPS) is 10.9.